The molecule has 0 bridgehead atoms. The average Bonchev–Trinajstić information content (AvgIpc) is 3.35. The third-order valence-electron chi connectivity index (χ3n) is 5.45. The first-order valence-electron chi connectivity index (χ1n) is 10.7. The summed E-state index contributed by atoms with van der Waals surface area (Å²) in [6.07, 6.45) is 1.54. The lowest BCUT2D eigenvalue weighted by Gasteiger charge is -2.24. The number of aryl methyl sites for hydroxylation is 1. The van der Waals surface area contributed by atoms with Gasteiger partial charge in [0.05, 0.1) is 29.5 Å². The zero-order valence-corrected chi connectivity index (χ0v) is 19.9. The highest BCUT2D eigenvalue weighted by Crippen LogP contribution is 2.47. The van der Waals surface area contributed by atoms with E-state index in [0.29, 0.717) is 11.6 Å². The Balaban J connectivity index is 1.74. The van der Waals surface area contributed by atoms with E-state index >= 15 is 0 Å². The molecule has 3 aromatic rings. The van der Waals surface area contributed by atoms with Crippen molar-refractivity contribution in [3.05, 3.63) is 71.1 Å². The van der Waals surface area contributed by atoms with Crippen LogP contribution in [0, 0.1) is 5.82 Å². The Morgan fingerprint density at radius 2 is 2.09 bits per heavy atom. The Labute approximate surface area is 196 Å². The maximum Gasteiger partial charge on any atom is 0.240 e. The number of amides is 2. The molecule has 0 saturated heterocycles. The molecule has 0 spiro atoms. The Morgan fingerprint density at radius 1 is 1.30 bits per heavy atom. The number of fused-ring (bicyclic) bond motifs is 1. The van der Waals surface area contributed by atoms with E-state index in [1.54, 1.807) is 36.2 Å². The van der Waals surface area contributed by atoms with Gasteiger partial charge in [0, 0.05) is 18.0 Å². The minimum Gasteiger partial charge on any atom is -0.467 e. The van der Waals surface area contributed by atoms with Gasteiger partial charge in [0.1, 0.15) is 23.9 Å². The highest BCUT2D eigenvalue weighted by molar-refractivity contribution is 8.00. The number of halogens is 1. The monoisotopic (exact) mass is 470 g/mol. The largest absolute Gasteiger partial charge is 0.467 e. The van der Waals surface area contributed by atoms with Crippen molar-refractivity contribution in [2.45, 2.75) is 38.0 Å². The number of nitrogens with one attached hydrogen (secondary N) is 1. The Morgan fingerprint density at radius 3 is 2.76 bits per heavy atom. The van der Waals surface area contributed by atoms with Gasteiger partial charge in [0.25, 0.3) is 0 Å². The predicted molar refractivity (Wildman–Crippen MR) is 126 cm³/mol. The molecular formula is C24H27FN4O3S. The van der Waals surface area contributed by atoms with E-state index in [1.807, 2.05) is 6.07 Å². The summed E-state index contributed by atoms with van der Waals surface area (Å²) >= 11 is 1.42. The van der Waals surface area contributed by atoms with E-state index < -0.39 is 0 Å². The van der Waals surface area contributed by atoms with Crippen LogP contribution in [-0.4, -0.2) is 33.9 Å². The van der Waals surface area contributed by atoms with E-state index in [-0.39, 0.29) is 47.1 Å². The number of anilines is 1. The number of thioether (sulfide) groups is 1. The second-order valence-electron chi connectivity index (χ2n) is 9.04. The summed E-state index contributed by atoms with van der Waals surface area (Å²) in [5.74, 6) is 0.516. The maximum absolute atomic E-state index is 14.1. The fourth-order valence-electron chi connectivity index (χ4n) is 3.97. The van der Waals surface area contributed by atoms with Crippen molar-refractivity contribution in [2.24, 2.45) is 7.05 Å². The summed E-state index contributed by atoms with van der Waals surface area (Å²) in [7, 11) is 1.77. The molecule has 3 heterocycles. The summed E-state index contributed by atoms with van der Waals surface area (Å²) < 4.78 is 21.0. The minimum atomic E-state index is -0.333. The predicted octanol–water partition coefficient (Wildman–Crippen LogP) is 3.94. The van der Waals surface area contributed by atoms with Gasteiger partial charge in [0.15, 0.2) is 0 Å². The van der Waals surface area contributed by atoms with Crippen LogP contribution in [0.15, 0.2) is 47.1 Å². The van der Waals surface area contributed by atoms with Crippen LogP contribution in [0.5, 0.6) is 0 Å². The average molecular weight is 471 g/mol. The lowest BCUT2D eigenvalue weighted by atomic mass is 9.87. The Kier molecular flexibility index (Phi) is 6.34. The number of aromatic nitrogens is 2. The van der Waals surface area contributed by atoms with E-state index in [2.05, 4.69) is 26.1 Å². The number of hydrogen-bond acceptors (Lipinski definition) is 5. The second-order valence-corrected chi connectivity index (χ2v) is 10.1. The van der Waals surface area contributed by atoms with Gasteiger partial charge in [-0.3, -0.25) is 19.2 Å². The number of carbonyl (C=O) groups is 2. The molecule has 1 aromatic carbocycles. The van der Waals surface area contributed by atoms with E-state index in [9.17, 15) is 14.0 Å². The Hall–Kier alpha value is -3.07. The van der Waals surface area contributed by atoms with Crippen molar-refractivity contribution in [2.75, 3.05) is 17.2 Å². The van der Waals surface area contributed by atoms with Crippen LogP contribution < -0.4 is 10.2 Å². The third-order valence-corrected chi connectivity index (χ3v) is 6.70. The van der Waals surface area contributed by atoms with Crippen molar-refractivity contribution >= 4 is 29.4 Å². The topological polar surface area (TPSA) is 80.4 Å². The van der Waals surface area contributed by atoms with E-state index in [1.165, 1.54) is 28.8 Å². The molecule has 0 fully saturated rings. The lowest BCUT2D eigenvalue weighted by Crippen LogP contribution is -2.42. The van der Waals surface area contributed by atoms with Gasteiger partial charge in [0.2, 0.25) is 11.8 Å². The van der Waals surface area contributed by atoms with Gasteiger partial charge in [-0.15, -0.1) is 11.8 Å². The first kappa shape index (κ1) is 23.1. The van der Waals surface area contributed by atoms with E-state index in [0.717, 1.165) is 16.8 Å². The number of rotatable bonds is 5. The first-order chi connectivity index (χ1) is 15.6. The number of carbonyl (C=O) groups excluding carboxylic acids is 2. The normalized spacial score (nSPS) is 16.5. The van der Waals surface area contributed by atoms with Gasteiger partial charge in [-0.2, -0.15) is 5.10 Å². The van der Waals surface area contributed by atoms with Crippen molar-refractivity contribution < 1.29 is 18.4 Å². The zero-order valence-electron chi connectivity index (χ0n) is 19.1. The van der Waals surface area contributed by atoms with Crippen LogP contribution in [0.1, 0.15) is 48.6 Å². The molecule has 0 saturated carbocycles. The molecule has 0 radical (unpaired) electrons. The third kappa shape index (κ3) is 4.83. The molecule has 9 heteroatoms. The molecule has 33 heavy (non-hydrogen) atoms. The van der Waals surface area contributed by atoms with Gasteiger partial charge in [-0.1, -0.05) is 32.9 Å². The smallest absolute Gasteiger partial charge is 0.240 e. The minimum absolute atomic E-state index is 0.147. The van der Waals surface area contributed by atoms with Gasteiger partial charge in [-0.05, 0) is 29.8 Å². The number of hydrogen-bond donors (Lipinski definition) is 1. The fraction of sp³-hybridized carbons (Fsp3) is 0.375. The van der Waals surface area contributed by atoms with Crippen molar-refractivity contribution in [3.63, 3.8) is 0 Å². The summed E-state index contributed by atoms with van der Waals surface area (Å²) in [5.41, 5.74) is 2.09. The molecule has 1 unspecified atom stereocenters. The number of benzene rings is 1. The zero-order chi connectivity index (χ0) is 23.8. The molecule has 2 aromatic heterocycles. The van der Waals surface area contributed by atoms with Crippen LogP contribution in [0.4, 0.5) is 10.2 Å². The standard InChI is InChI=1S/C24H27FN4O3S/c1-24(2,3)22-20-21(15-7-5-8-16(25)11-15)33-14-19(31)29(23(20)28(4)27-22)13-18(30)26-12-17-9-6-10-32-17/h5-11,21H,12-14H2,1-4H3,(H,26,30). The lowest BCUT2D eigenvalue weighted by molar-refractivity contribution is -0.123. The van der Waals surface area contributed by atoms with Crippen LogP contribution in [0.2, 0.25) is 0 Å². The molecule has 1 N–H and O–H groups in total. The highest BCUT2D eigenvalue weighted by Gasteiger charge is 2.38. The van der Waals surface area contributed by atoms with Gasteiger partial charge in [-0.25, -0.2) is 4.39 Å². The summed E-state index contributed by atoms with van der Waals surface area (Å²) in [5, 5.41) is 7.26. The summed E-state index contributed by atoms with van der Waals surface area (Å²) in [6, 6.07) is 9.95. The summed E-state index contributed by atoms with van der Waals surface area (Å²) in [6.45, 7) is 6.24. The van der Waals surface area contributed by atoms with Crippen LogP contribution in [0.25, 0.3) is 0 Å². The quantitative estimate of drug-likeness (QED) is 0.611. The molecule has 7 nitrogen and oxygen atoms in total. The molecule has 4 rings (SSSR count). The molecule has 2 amide bonds. The Bertz CT molecular complexity index is 1170. The molecular weight excluding hydrogens is 443 g/mol. The summed E-state index contributed by atoms with van der Waals surface area (Å²) in [4.78, 5) is 27.4. The van der Waals surface area contributed by atoms with Crippen molar-refractivity contribution in [1.29, 1.82) is 0 Å². The molecule has 1 atom stereocenters. The van der Waals surface area contributed by atoms with Crippen LogP contribution in [-0.2, 0) is 28.6 Å². The fourth-order valence-corrected chi connectivity index (χ4v) is 5.16. The molecule has 0 aliphatic carbocycles. The van der Waals surface area contributed by atoms with Gasteiger partial charge >= 0.3 is 0 Å². The number of nitrogens with zero attached hydrogens (tertiary/aromatic N) is 3. The van der Waals surface area contributed by atoms with Crippen molar-refractivity contribution in [1.82, 2.24) is 15.1 Å². The number of furan rings is 1. The molecule has 1 aliphatic rings. The first-order valence-corrected chi connectivity index (χ1v) is 11.7. The van der Waals surface area contributed by atoms with E-state index in [4.69, 9.17) is 9.52 Å². The molecule has 174 valence electrons. The molecule has 1 aliphatic heterocycles. The van der Waals surface area contributed by atoms with Gasteiger partial charge < -0.3 is 9.73 Å². The maximum atomic E-state index is 14.1. The van der Waals surface area contributed by atoms with Crippen LogP contribution in [0.3, 0.4) is 0 Å². The second kappa shape index (κ2) is 9.05. The van der Waals surface area contributed by atoms with Crippen molar-refractivity contribution in [3.8, 4) is 0 Å². The highest BCUT2D eigenvalue weighted by atomic mass is 32.2. The van der Waals surface area contributed by atoms with Crippen LogP contribution >= 0.6 is 11.8 Å². The SMILES string of the molecule is Cn1nc(C(C)(C)C)c2c1N(CC(=O)NCc1ccco1)C(=O)CSC2c1cccc(F)c1.